The monoisotopic (exact) mass is 257 g/mol. The third-order valence-corrected chi connectivity index (χ3v) is 2.80. The van der Waals surface area contributed by atoms with E-state index in [-0.39, 0.29) is 0 Å². The van der Waals surface area contributed by atoms with Crippen LogP contribution < -0.4 is 10.9 Å². The van der Waals surface area contributed by atoms with Crippen molar-refractivity contribution < 1.29 is 9.53 Å². The summed E-state index contributed by atoms with van der Waals surface area (Å²) in [4.78, 5) is 15.7. The van der Waals surface area contributed by atoms with Gasteiger partial charge < -0.3 is 4.74 Å². The van der Waals surface area contributed by atoms with Crippen LogP contribution >= 0.6 is 11.3 Å². The molecular formula is C11H19N3O2S. The van der Waals surface area contributed by atoms with Crippen LogP contribution in [0.25, 0.3) is 0 Å². The molecule has 6 heteroatoms. The zero-order valence-corrected chi connectivity index (χ0v) is 11.5. The highest BCUT2D eigenvalue weighted by atomic mass is 32.1. The van der Waals surface area contributed by atoms with E-state index < -0.39 is 11.7 Å². The number of carbonyl (C=O) groups excluding carboxylic acids is 1. The van der Waals surface area contributed by atoms with Gasteiger partial charge in [0.1, 0.15) is 5.60 Å². The van der Waals surface area contributed by atoms with E-state index in [2.05, 4.69) is 22.8 Å². The molecule has 0 saturated heterocycles. The van der Waals surface area contributed by atoms with E-state index in [0.29, 0.717) is 6.54 Å². The first-order valence-corrected chi connectivity index (χ1v) is 6.44. The van der Waals surface area contributed by atoms with Gasteiger partial charge in [0.2, 0.25) is 0 Å². The van der Waals surface area contributed by atoms with Gasteiger partial charge in [-0.15, -0.1) is 11.3 Å². The number of thiazole rings is 1. The highest BCUT2D eigenvalue weighted by Gasteiger charge is 2.15. The number of carbonyl (C=O) groups is 1. The number of nitrogens with one attached hydrogen (secondary N) is 2. The van der Waals surface area contributed by atoms with E-state index in [9.17, 15) is 4.79 Å². The quantitative estimate of drug-likeness (QED) is 0.812. The van der Waals surface area contributed by atoms with Gasteiger partial charge in [0.25, 0.3) is 0 Å². The van der Waals surface area contributed by atoms with Crippen molar-refractivity contribution >= 4 is 17.4 Å². The zero-order chi connectivity index (χ0) is 12.9. The van der Waals surface area contributed by atoms with Crippen LogP contribution in [0.15, 0.2) is 5.38 Å². The molecule has 0 spiro atoms. The lowest BCUT2D eigenvalue weighted by Gasteiger charge is -2.19. The molecule has 0 aliphatic rings. The van der Waals surface area contributed by atoms with E-state index in [4.69, 9.17) is 4.74 Å². The molecule has 96 valence electrons. The number of hydrogen-bond acceptors (Lipinski definition) is 5. The number of ether oxygens (including phenoxy) is 1. The first-order chi connectivity index (χ1) is 7.90. The average molecular weight is 257 g/mol. The number of nitrogens with zero attached hydrogens (tertiary/aromatic N) is 1. The fraction of sp³-hybridized carbons (Fsp3) is 0.636. The molecule has 0 bridgehead atoms. The van der Waals surface area contributed by atoms with Crippen LogP contribution in [0.3, 0.4) is 0 Å². The molecule has 0 atom stereocenters. The van der Waals surface area contributed by atoms with Crippen molar-refractivity contribution in [3.8, 4) is 0 Å². The molecule has 0 aliphatic carbocycles. The van der Waals surface area contributed by atoms with Crippen molar-refractivity contribution in [2.45, 2.75) is 46.3 Å². The highest BCUT2D eigenvalue weighted by molar-refractivity contribution is 7.09. The minimum atomic E-state index is -0.484. The van der Waals surface area contributed by atoms with Crippen molar-refractivity contribution in [3.05, 3.63) is 16.1 Å². The number of hydrazine groups is 1. The standard InChI is InChI=1S/C11H19N3O2S/c1-5-9-13-8(7-17-9)6-12-14-10(15)16-11(2,3)4/h7,12H,5-6H2,1-4H3,(H,14,15). The van der Waals surface area contributed by atoms with Gasteiger partial charge in [0.15, 0.2) is 0 Å². The smallest absolute Gasteiger partial charge is 0.422 e. The molecule has 1 aromatic rings. The summed E-state index contributed by atoms with van der Waals surface area (Å²) in [6.45, 7) is 8.02. The van der Waals surface area contributed by atoms with Gasteiger partial charge in [-0.3, -0.25) is 5.43 Å². The summed E-state index contributed by atoms with van der Waals surface area (Å²) in [6, 6.07) is 0. The molecule has 0 aromatic carbocycles. The van der Waals surface area contributed by atoms with E-state index in [1.54, 1.807) is 11.3 Å². The Bertz CT molecular complexity index is 371. The lowest BCUT2D eigenvalue weighted by atomic mass is 10.2. The molecule has 0 saturated carbocycles. The number of rotatable bonds is 4. The van der Waals surface area contributed by atoms with E-state index in [0.717, 1.165) is 17.1 Å². The van der Waals surface area contributed by atoms with Gasteiger partial charge in [-0.2, -0.15) is 0 Å². The molecule has 5 nitrogen and oxygen atoms in total. The van der Waals surface area contributed by atoms with Gasteiger partial charge in [0, 0.05) is 5.38 Å². The average Bonchev–Trinajstić information content (AvgIpc) is 2.63. The summed E-state index contributed by atoms with van der Waals surface area (Å²) in [7, 11) is 0. The molecule has 1 heterocycles. The van der Waals surface area contributed by atoms with E-state index >= 15 is 0 Å². The van der Waals surface area contributed by atoms with E-state index in [1.165, 1.54) is 0 Å². The number of aryl methyl sites for hydroxylation is 1. The van der Waals surface area contributed by atoms with E-state index in [1.807, 2.05) is 26.2 Å². The molecule has 1 aromatic heterocycles. The molecule has 2 N–H and O–H groups in total. The number of amides is 1. The lowest BCUT2D eigenvalue weighted by molar-refractivity contribution is 0.0497. The Morgan fingerprint density at radius 1 is 1.53 bits per heavy atom. The zero-order valence-electron chi connectivity index (χ0n) is 10.7. The molecule has 0 radical (unpaired) electrons. The Hall–Kier alpha value is -1.14. The van der Waals surface area contributed by atoms with Crippen LogP contribution in [0.1, 0.15) is 38.4 Å². The summed E-state index contributed by atoms with van der Waals surface area (Å²) >= 11 is 1.62. The summed E-state index contributed by atoms with van der Waals surface area (Å²) in [5, 5.41) is 3.07. The number of aromatic nitrogens is 1. The molecule has 0 fully saturated rings. The van der Waals surface area contributed by atoms with Gasteiger partial charge in [0.05, 0.1) is 17.2 Å². The molecule has 1 amide bonds. The Balaban J connectivity index is 2.26. The maximum absolute atomic E-state index is 11.3. The topological polar surface area (TPSA) is 63.2 Å². The molecule has 0 aliphatic heterocycles. The minimum Gasteiger partial charge on any atom is -0.443 e. The second-order valence-corrected chi connectivity index (χ2v) is 5.51. The Morgan fingerprint density at radius 2 is 2.24 bits per heavy atom. The molecular weight excluding hydrogens is 238 g/mol. The predicted molar refractivity (Wildman–Crippen MR) is 67.7 cm³/mol. The lowest BCUT2D eigenvalue weighted by Crippen LogP contribution is -2.40. The van der Waals surface area contributed by atoms with Crippen LogP contribution in [0.4, 0.5) is 4.79 Å². The van der Waals surface area contributed by atoms with Gasteiger partial charge in [-0.1, -0.05) is 6.92 Å². The van der Waals surface area contributed by atoms with Crippen molar-refractivity contribution in [2.75, 3.05) is 0 Å². The second kappa shape index (κ2) is 5.97. The molecule has 1 rings (SSSR count). The summed E-state index contributed by atoms with van der Waals surface area (Å²) < 4.78 is 5.07. The van der Waals surface area contributed by atoms with Gasteiger partial charge in [-0.05, 0) is 27.2 Å². The van der Waals surface area contributed by atoms with Crippen molar-refractivity contribution in [1.82, 2.24) is 15.8 Å². The first-order valence-electron chi connectivity index (χ1n) is 5.56. The summed E-state index contributed by atoms with van der Waals surface area (Å²) in [5.74, 6) is 0. The Labute approximate surface area is 106 Å². The third kappa shape index (κ3) is 5.65. The SMILES string of the molecule is CCc1nc(CNNC(=O)OC(C)(C)C)cs1. The van der Waals surface area contributed by atoms with Crippen molar-refractivity contribution in [3.63, 3.8) is 0 Å². The Morgan fingerprint density at radius 3 is 2.76 bits per heavy atom. The highest BCUT2D eigenvalue weighted by Crippen LogP contribution is 2.09. The first kappa shape index (κ1) is 13.9. The second-order valence-electron chi connectivity index (χ2n) is 4.57. The van der Waals surface area contributed by atoms with Crippen LogP contribution in [0.5, 0.6) is 0 Å². The van der Waals surface area contributed by atoms with Crippen molar-refractivity contribution in [2.24, 2.45) is 0 Å². The predicted octanol–water partition coefficient (Wildman–Crippen LogP) is 2.23. The fourth-order valence-corrected chi connectivity index (χ4v) is 1.85. The summed E-state index contributed by atoms with van der Waals surface area (Å²) in [6.07, 6.45) is 0.452. The summed E-state index contributed by atoms with van der Waals surface area (Å²) in [5.41, 5.74) is 5.68. The number of hydrogen-bond donors (Lipinski definition) is 2. The van der Waals surface area contributed by atoms with Gasteiger partial charge in [-0.25, -0.2) is 15.2 Å². The molecule has 17 heavy (non-hydrogen) atoms. The van der Waals surface area contributed by atoms with Crippen molar-refractivity contribution in [1.29, 1.82) is 0 Å². The normalized spacial score (nSPS) is 11.3. The van der Waals surface area contributed by atoms with Crippen LogP contribution in [-0.2, 0) is 17.7 Å². The minimum absolute atomic E-state index is 0.483. The van der Waals surface area contributed by atoms with Crippen LogP contribution in [0.2, 0.25) is 0 Å². The third-order valence-electron chi connectivity index (χ3n) is 1.76. The maximum Gasteiger partial charge on any atom is 0.422 e. The maximum atomic E-state index is 11.3. The van der Waals surface area contributed by atoms with Crippen LogP contribution in [-0.4, -0.2) is 16.7 Å². The molecule has 0 unspecified atom stereocenters. The van der Waals surface area contributed by atoms with Crippen LogP contribution in [0, 0.1) is 0 Å². The van der Waals surface area contributed by atoms with Gasteiger partial charge >= 0.3 is 6.09 Å². The Kier molecular flexibility index (Phi) is 4.89. The largest absolute Gasteiger partial charge is 0.443 e. The fourth-order valence-electron chi connectivity index (χ4n) is 1.10.